The number of hydrogen-bond acceptors (Lipinski definition) is 8. The molecule has 8 atom stereocenters. The van der Waals surface area contributed by atoms with E-state index in [0.29, 0.717) is 43.2 Å². The first-order chi connectivity index (χ1) is 26.9. The van der Waals surface area contributed by atoms with Crippen molar-refractivity contribution < 1.29 is 28.7 Å². The van der Waals surface area contributed by atoms with Crippen LogP contribution in [-0.4, -0.2) is 94.9 Å². The van der Waals surface area contributed by atoms with Crippen LogP contribution in [0.3, 0.4) is 0 Å². The number of methoxy groups -OCH3 is 2. The van der Waals surface area contributed by atoms with E-state index in [1.165, 1.54) is 14.2 Å². The lowest BCUT2D eigenvalue weighted by molar-refractivity contribution is -0.136. The smallest absolute Gasteiger partial charge is 0.407 e. The number of hydrogen-bond donors (Lipinski definition) is 3. The fourth-order valence-corrected chi connectivity index (χ4v) is 9.08. The third kappa shape index (κ3) is 7.07. The van der Waals surface area contributed by atoms with E-state index in [1.807, 2.05) is 49.9 Å². The van der Waals surface area contributed by atoms with Crippen molar-refractivity contribution in [3.05, 3.63) is 72.3 Å². The fraction of sp³-hybridized carbons (Fsp3) is 0.488. The van der Waals surface area contributed by atoms with Crippen LogP contribution in [0.2, 0.25) is 0 Å². The average molecular weight is 762 g/mol. The van der Waals surface area contributed by atoms with Gasteiger partial charge < -0.3 is 34.9 Å². The van der Waals surface area contributed by atoms with Crippen LogP contribution in [0.15, 0.2) is 65.9 Å². The molecule has 8 rings (SSSR count). The van der Waals surface area contributed by atoms with Crippen molar-refractivity contribution in [2.45, 2.75) is 71.1 Å². The number of alkyl carbamates (subject to hydrolysis) is 2. The summed E-state index contributed by atoms with van der Waals surface area (Å²) in [5, 5.41) is 5.47. The Morgan fingerprint density at radius 3 is 1.71 bits per heavy atom. The van der Waals surface area contributed by atoms with Crippen molar-refractivity contribution in [3.63, 3.8) is 0 Å². The Hall–Kier alpha value is -5.46. The monoisotopic (exact) mass is 761 g/mol. The predicted octanol–water partition coefficient (Wildman–Crippen LogP) is 6.06. The highest BCUT2D eigenvalue weighted by molar-refractivity contribution is 6.04. The van der Waals surface area contributed by atoms with E-state index in [4.69, 9.17) is 19.5 Å². The summed E-state index contributed by atoms with van der Waals surface area (Å²) in [6, 6.07) is 15.3. The number of amides is 4. The van der Waals surface area contributed by atoms with Crippen LogP contribution < -0.4 is 10.6 Å². The molecule has 2 saturated heterocycles. The van der Waals surface area contributed by atoms with Crippen molar-refractivity contribution in [2.24, 2.45) is 40.5 Å². The Morgan fingerprint density at radius 1 is 0.714 bits per heavy atom. The first-order valence-corrected chi connectivity index (χ1v) is 19.8. The molecule has 3 aliphatic heterocycles. The van der Waals surface area contributed by atoms with Gasteiger partial charge in [-0.15, -0.1) is 0 Å². The number of benzene rings is 2. The van der Waals surface area contributed by atoms with E-state index in [9.17, 15) is 19.2 Å². The van der Waals surface area contributed by atoms with E-state index in [1.54, 1.807) is 0 Å². The van der Waals surface area contributed by atoms with Crippen molar-refractivity contribution in [2.75, 3.05) is 27.3 Å². The number of likely N-dealkylation sites (tertiary alicyclic amines) is 2. The average Bonchev–Trinajstić information content (AvgIpc) is 3.79. The number of rotatable bonds is 11. The number of fused-ring (bicyclic) bond motifs is 2. The van der Waals surface area contributed by atoms with Gasteiger partial charge in [-0.3, -0.25) is 14.6 Å². The largest absolute Gasteiger partial charge is 0.453 e. The van der Waals surface area contributed by atoms with Gasteiger partial charge in [0.1, 0.15) is 17.9 Å². The second kappa shape index (κ2) is 14.9. The van der Waals surface area contributed by atoms with Gasteiger partial charge in [0.2, 0.25) is 11.8 Å². The summed E-state index contributed by atoms with van der Waals surface area (Å²) < 4.78 is 9.58. The molecular weight excluding hydrogens is 711 g/mol. The highest BCUT2D eigenvalue weighted by Crippen LogP contribution is 2.56. The zero-order valence-electron chi connectivity index (χ0n) is 32.8. The molecular formula is C43H51N7O6. The Kier molecular flexibility index (Phi) is 9.96. The maximum Gasteiger partial charge on any atom is 0.407 e. The van der Waals surface area contributed by atoms with E-state index >= 15 is 0 Å². The van der Waals surface area contributed by atoms with Gasteiger partial charge in [0.05, 0.1) is 38.2 Å². The number of carbonyl (C=O) groups excluding carboxylic acids is 4. The molecule has 4 heterocycles. The zero-order chi connectivity index (χ0) is 39.4. The molecule has 2 aliphatic carbocycles. The minimum atomic E-state index is -0.674. The van der Waals surface area contributed by atoms with Gasteiger partial charge in [-0.05, 0) is 76.2 Å². The quantitative estimate of drug-likeness (QED) is 0.215. The van der Waals surface area contributed by atoms with E-state index < -0.39 is 24.3 Å². The summed E-state index contributed by atoms with van der Waals surface area (Å²) in [5.41, 5.74) is 7.30. The van der Waals surface area contributed by atoms with Gasteiger partial charge >= 0.3 is 12.2 Å². The minimum Gasteiger partial charge on any atom is -0.453 e. The first kappa shape index (κ1) is 37.5. The topological polar surface area (TPSA) is 158 Å². The van der Waals surface area contributed by atoms with E-state index in [2.05, 4.69) is 64.1 Å². The third-order valence-corrected chi connectivity index (χ3v) is 12.4. The highest BCUT2D eigenvalue weighted by atomic mass is 16.5. The molecule has 3 aromatic rings. The molecule has 0 radical (unpaired) electrons. The number of piperidine rings is 2. The lowest BCUT2D eigenvalue weighted by atomic mass is 9.95. The second-order valence-corrected chi connectivity index (χ2v) is 16.7. The SMILES string of the molecule is COC(=O)N[C@H](C(=O)N1C[C@@H]2C[C@@H]2C1C1=NC=C(c2ccc(-c3ccc(-c4cnc([C@@H]5[C@H]6C[C@H]6CN5C(=O)[C@@H](NC(=O)OC)C(C)C)[nH]4)cc3)cc2)C1)C(C)C. The lowest BCUT2D eigenvalue weighted by Gasteiger charge is -2.33. The summed E-state index contributed by atoms with van der Waals surface area (Å²) in [4.78, 5) is 68.4. The minimum absolute atomic E-state index is 0.0523. The molecule has 2 saturated carbocycles. The number of aromatic nitrogens is 2. The van der Waals surface area contributed by atoms with Gasteiger partial charge in [-0.1, -0.05) is 76.2 Å². The Labute approximate surface area is 327 Å². The van der Waals surface area contributed by atoms with E-state index in [0.717, 1.165) is 57.9 Å². The molecule has 0 bridgehead atoms. The molecule has 13 nitrogen and oxygen atoms in total. The summed E-state index contributed by atoms with van der Waals surface area (Å²) >= 11 is 0. The molecule has 13 heteroatoms. The van der Waals surface area contributed by atoms with E-state index in [-0.39, 0.29) is 35.7 Å². The Morgan fingerprint density at radius 2 is 1.20 bits per heavy atom. The van der Waals surface area contributed by atoms with Crippen LogP contribution in [-0.2, 0) is 19.1 Å². The molecule has 1 unspecified atom stereocenters. The number of imidazole rings is 1. The summed E-state index contributed by atoms with van der Waals surface area (Å²) in [5.74, 6) is 2.14. The van der Waals surface area contributed by atoms with Crippen LogP contribution in [0.5, 0.6) is 0 Å². The molecule has 3 N–H and O–H groups in total. The number of ether oxygens (including phenoxy) is 2. The molecule has 56 heavy (non-hydrogen) atoms. The number of H-pyrrole nitrogens is 1. The van der Waals surface area contributed by atoms with Gasteiger partial charge in [-0.2, -0.15) is 0 Å². The molecule has 4 fully saturated rings. The van der Waals surface area contributed by atoms with Crippen molar-refractivity contribution >= 4 is 35.3 Å². The molecule has 5 aliphatic rings. The molecule has 2 aromatic carbocycles. The van der Waals surface area contributed by atoms with Crippen molar-refractivity contribution in [1.82, 2.24) is 30.4 Å². The number of allylic oxidation sites excluding steroid dienone is 1. The van der Waals surface area contributed by atoms with Crippen molar-refractivity contribution in [3.8, 4) is 22.4 Å². The second-order valence-electron chi connectivity index (χ2n) is 16.7. The van der Waals surface area contributed by atoms with Gasteiger partial charge in [0.25, 0.3) is 0 Å². The molecule has 4 amide bonds. The van der Waals surface area contributed by atoms with Crippen LogP contribution in [0.1, 0.15) is 64.4 Å². The number of carbonyl (C=O) groups is 4. The lowest BCUT2D eigenvalue weighted by Crippen LogP contribution is -2.54. The molecule has 1 aromatic heterocycles. The summed E-state index contributed by atoms with van der Waals surface area (Å²) in [7, 11) is 2.61. The summed E-state index contributed by atoms with van der Waals surface area (Å²) in [6.45, 7) is 9.05. The van der Waals surface area contributed by atoms with Gasteiger partial charge in [0.15, 0.2) is 0 Å². The van der Waals surface area contributed by atoms with Crippen LogP contribution >= 0.6 is 0 Å². The fourth-order valence-electron chi connectivity index (χ4n) is 9.08. The molecule has 294 valence electrons. The van der Waals surface area contributed by atoms with Gasteiger partial charge in [0, 0.05) is 31.4 Å². The first-order valence-electron chi connectivity index (χ1n) is 19.8. The molecule has 0 spiro atoms. The number of aromatic amines is 1. The van der Waals surface area contributed by atoms with Crippen molar-refractivity contribution in [1.29, 1.82) is 0 Å². The standard InChI is InChI=1S/C43H51N7O6/c1-22(2)35(47-42(53)55-5)40(51)49-20-29-15-31(29)37(49)33-17-28(18-44-33)26-9-7-24(8-10-26)25-11-13-27(14-12-25)34-19-45-39(46-34)38-32-16-30(32)21-50(38)41(52)36(23(3)4)48-43(54)56-6/h7-14,18-19,22-23,29-32,35-38H,15-17,20-21H2,1-6H3,(H,45,46)(H,47,53)(H,48,54)/t29-,30-,31-,32-,35-,36-,37?,38-/m0/s1. The maximum atomic E-state index is 13.7. The highest BCUT2D eigenvalue weighted by Gasteiger charge is 2.57. The predicted molar refractivity (Wildman–Crippen MR) is 211 cm³/mol. The zero-order valence-corrected chi connectivity index (χ0v) is 32.8. The Bertz CT molecular complexity index is 2070. The van der Waals surface area contributed by atoms with Gasteiger partial charge in [-0.25, -0.2) is 14.6 Å². The van der Waals surface area contributed by atoms with Crippen LogP contribution in [0.4, 0.5) is 9.59 Å². The third-order valence-electron chi connectivity index (χ3n) is 12.4. The number of nitrogens with zero attached hydrogens (tertiary/aromatic N) is 4. The number of aliphatic imine (C=N–C) groups is 1. The number of nitrogens with one attached hydrogen (secondary N) is 3. The Balaban J connectivity index is 0.906. The van der Waals surface area contributed by atoms with Crippen LogP contribution in [0, 0.1) is 35.5 Å². The maximum absolute atomic E-state index is 13.7. The van der Waals surface area contributed by atoms with Crippen LogP contribution in [0.25, 0.3) is 28.0 Å². The normalized spacial score (nSPS) is 25.6. The summed E-state index contributed by atoms with van der Waals surface area (Å²) in [6.07, 6.45) is 5.42.